The van der Waals surface area contributed by atoms with Crippen LogP contribution in [0.3, 0.4) is 0 Å². The van der Waals surface area contributed by atoms with Gasteiger partial charge in [-0.2, -0.15) is 0 Å². The summed E-state index contributed by atoms with van der Waals surface area (Å²) < 4.78 is 0. The Morgan fingerprint density at radius 2 is 2.07 bits per heavy atom. The van der Waals surface area contributed by atoms with Crippen molar-refractivity contribution >= 4 is 23.2 Å². The first-order valence-corrected chi connectivity index (χ1v) is 11.7. The van der Waals surface area contributed by atoms with Crippen molar-refractivity contribution in [2.45, 2.75) is 58.8 Å². The van der Waals surface area contributed by atoms with Gasteiger partial charge >= 0.3 is 0 Å². The number of benzene rings is 2. The number of amides is 1. The molecule has 0 aromatic heterocycles. The molecule has 1 saturated heterocycles. The molecule has 1 amide bonds. The van der Waals surface area contributed by atoms with Crippen molar-refractivity contribution in [3.05, 3.63) is 64.2 Å². The second-order valence-corrected chi connectivity index (χ2v) is 9.18. The normalized spacial score (nSPS) is 17.3. The van der Waals surface area contributed by atoms with Crippen LogP contribution in [0.25, 0.3) is 0 Å². The predicted octanol–water partition coefficient (Wildman–Crippen LogP) is 6.06. The van der Waals surface area contributed by atoms with E-state index in [0.717, 1.165) is 51.6 Å². The Kier molecular flexibility index (Phi) is 8.21. The zero-order chi connectivity index (χ0) is 21.5. The van der Waals surface area contributed by atoms with E-state index in [1.807, 2.05) is 12.1 Å². The highest BCUT2D eigenvalue weighted by atomic mass is 35.5. The van der Waals surface area contributed by atoms with Gasteiger partial charge in [0.25, 0.3) is 0 Å². The first kappa shape index (κ1) is 22.7. The molecule has 1 heterocycles. The summed E-state index contributed by atoms with van der Waals surface area (Å²) in [4.78, 5) is 14.6. The van der Waals surface area contributed by atoms with Gasteiger partial charge in [0.15, 0.2) is 0 Å². The third kappa shape index (κ3) is 6.01. The number of rotatable bonds is 9. The molecule has 1 unspecified atom stereocenters. The number of unbranched alkanes of at least 4 members (excludes halogenated alkanes) is 1. The number of hydrogen-bond donors (Lipinski definition) is 1. The second kappa shape index (κ2) is 10.9. The number of carbonyl (C=O) groups excluding carboxylic acids is 1. The third-order valence-corrected chi connectivity index (χ3v) is 6.93. The van der Waals surface area contributed by atoms with Gasteiger partial charge in [-0.25, -0.2) is 0 Å². The second-order valence-electron chi connectivity index (χ2n) is 8.78. The maximum atomic E-state index is 12.5. The summed E-state index contributed by atoms with van der Waals surface area (Å²) in [5.41, 5.74) is 10.5. The molecular formula is C26H35ClN2O. The Morgan fingerprint density at radius 3 is 2.80 bits per heavy atom. The van der Waals surface area contributed by atoms with E-state index >= 15 is 0 Å². The number of halogens is 1. The van der Waals surface area contributed by atoms with Gasteiger partial charge in [0.2, 0.25) is 5.91 Å². The zero-order valence-corrected chi connectivity index (χ0v) is 19.1. The van der Waals surface area contributed by atoms with Crippen LogP contribution >= 0.6 is 11.6 Å². The largest absolute Gasteiger partial charge is 0.398 e. The van der Waals surface area contributed by atoms with E-state index in [2.05, 4.69) is 49.1 Å². The van der Waals surface area contributed by atoms with Gasteiger partial charge in [-0.1, -0.05) is 55.3 Å². The third-order valence-electron chi connectivity index (χ3n) is 6.60. The lowest BCUT2D eigenvalue weighted by molar-refractivity contribution is -0.130. The molecule has 2 N–H and O–H groups in total. The number of aryl methyl sites for hydroxylation is 2. The lowest BCUT2D eigenvalue weighted by atomic mass is 9.81. The first-order valence-electron chi connectivity index (χ1n) is 11.3. The summed E-state index contributed by atoms with van der Waals surface area (Å²) in [6.45, 7) is 6.15. The van der Waals surface area contributed by atoms with Crippen LogP contribution in [-0.2, 0) is 17.6 Å². The lowest BCUT2D eigenvalue weighted by Crippen LogP contribution is -2.30. The monoisotopic (exact) mass is 426 g/mol. The van der Waals surface area contributed by atoms with Crippen molar-refractivity contribution in [1.82, 2.24) is 4.90 Å². The van der Waals surface area contributed by atoms with E-state index in [-0.39, 0.29) is 0 Å². The van der Waals surface area contributed by atoms with Crippen LogP contribution in [0.15, 0.2) is 42.5 Å². The van der Waals surface area contributed by atoms with E-state index in [9.17, 15) is 4.79 Å². The van der Waals surface area contributed by atoms with E-state index in [1.54, 1.807) is 0 Å². The fraction of sp³-hybridized carbons (Fsp3) is 0.500. The van der Waals surface area contributed by atoms with E-state index in [1.165, 1.54) is 16.7 Å². The van der Waals surface area contributed by atoms with Crippen LogP contribution in [0.5, 0.6) is 0 Å². The van der Waals surface area contributed by atoms with Gasteiger partial charge in [0.05, 0.1) is 10.7 Å². The van der Waals surface area contributed by atoms with Crippen LogP contribution in [-0.4, -0.2) is 23.9 Å². The van der Waals surface area contributed by atoms with Gasteiger partial charge in [-0.15, -0.1) is 0 Å². The van der Waals surface area contributed by atoms with Crippen molar-refractivity contribution in [3.8, 4) is 0 Å². The van der Waals surface area contributed by atoms with Gasteiger partial charge in [-0.05, 0) is 79.7 Å². The molecule has 1 fully saturated rings. The molecule has 0 radical (unpaired) electrons. The predicted molar refractivity (Wildman–Crippen MR) is 127 cm³/mol. The van der Waals surface area contributed by atoms with Crippen molar-refractivity contribution in [1.29, 1.82) is 0 Å². The fourth-order valence-corrected chi connectivity index (χ4v) is 4.79. The Morgan fingerprint density at radius 1 is 1.27 bits per heavy atom. The molecule has 2 aromatic carbocycles. The van der Waals surface area contributed by atoms with Crippen LogP contribution in [0.4, 0.5) is 5.69 Å². The molecular weight excluding hydrogens is 392 g/mol. The number of likely N-dealkylation sites (tertiary alicyclic amines) is 1. The summed E-state index contributed by atoms with van der Waals surface area (Å²) in [7, 11) is 0. The van der Waals surface area contributed by atoms with Crippen LogP contribution in [0.1, 0.15) is 55.7 Å². The average Bonchev–Trinajstić information content (AvgIpc) is 3.23. The summed E-state index contributed by atoms with van der Waals surface area (Å²) >= 11 is 6.23. The van der Waals surface area contributed by atoms with Crippen molar-refractivity contribution in [3.63, 3.8) is 0 Å². The van der Waals surface area contributed by atoms with Crippen LogP contribution in [0.2, 0.25) is 5.02 Å². The van der Waals surface area contributed by atoms with Crippen LogP contribution < -0.4 is 5.73 Å². The van der Waals surface area contributed by atoms with E-state index in [4.69, 9.17) is 17.3 Å². The number of anilines is 1. The highest BCUT2D eigenvalue weighted by Gasteiger charge is 2.31. The topological polar surface area (TPSA) is 46.3 Å². The van der Waals surface area contributed by atoms with Crippen LogP contribution in [0, 0.1) is 18.8 Å². The molecule has 0 bridgehead atoms. The van der Waals surface area contributed by atoms with Gasteiger partial charge < -0.3 is 10.6 Å². The van der Waals surface area contributed by atoms with E-state index < -0.39 is 0 Å². The molecule has 0 spiro atoms. The highest BCUT2D eigenvalue weighted by Crippen LogP contribution is 2.32. The lowest BCUT2D eigenvalue weighted by Gasteiger charge is -2.25. The SMILES string of the molecule is CCCCC(=O)N1CC[C@H](C(CCc2ccc(N)c(Cl)c2)Cc2ccccc2C)C1. The number of nitrogens with two attached hydrogens (primary N) is 1. The fourth-order valence-electron chi connectivity index (χ4n) is 4.59. The highest BCUT2D eigenvalue weighted by molar-refractivity contribution is 6.33. The molecule has 1 aliphatic rings. The zero-order valence-electron chi connectivity index (χ0n) is 18.4. The molecule has 0 saturated carbocycles. The molecule has 3 nitrogen and oxygen atoms in total. The summed E-state index contributed by atoms with van der Waals surface area (Å²) in [6, 6.07) is 14.7. The molecule has 0 aliphatic carbocycles. The Labute approximate surface area is 186 Å². The molecule has 1 aliphatic heterocycles. The summed E-state index contributed by atoms with van der Waals surface area (Å²) in [5, 5.41) is 0.636. The number of nitrogen functional groups attached to an aromatic ring is 1. The Bertz CT molecular complexity index is 851. The van der Waals surface area contributed by atoms with Gasteiger partial charge in [0.1, 0.15) is 0 Å². The smallest absolute Gasteiger partial charge is 0.222 e. The number of carbonyl (C=O) groups is 1. The molecule has 2 atom stereocenters. The molecule has 162 valence electrons. The number of nitrogens with zero attached hydrogens (tertiary/aromatic N) is 1. The summed E-state index contributed by atoms with van der Waals surface area (Å²) in [5.74, 6) is 1.44. The summed E-state index contributed by atoms with van der Waals surface area (Å²) in [6.07, 6.45) is 7.00. The maximum Gasteiger partial charge on any atom is 0.222 e. The minimum Gasteiger partial charge on any atom is -0.398 e. The van der Waals surface area contributed by atoms with Crippen molar-refractivity contribution < 1.29 is 4.79 Å². The molecule has 3 rings (SSSR count). The van der Waals surface area contributed by atoms with E-state index in [0.29, 0.717) is 34.9 Å². The Hall–Kier alpha value is -2.00. The molecule has 4 heteroatoms. The minimum atomic E-state index is 0.333. The first-order chi connectivity index (χ1) is 14.5. The van der Waals surface area contributed by atoms with Crippen molar-refractivity contribution in [2.24, 2.45) is 11.8 Å². The van der Waals surface area contributed by atoms with Gasteiger partial charge in [-0.3, -0.25) is 4.79 Å². The maximum absolute atomic E-state index is 12.5. The number of hydrogen-bond acceptors (Lipinski definition) is 2. The quantitative estimate of drug-likeness (QED) is 0.495. The standard InChI is InChI=1S/C26H35ClN2O/c1-3-4-9-26(30)29-15-14-23(18-29)22(17-21-8-6-5-7-19(21)2)12-10-20-11-13-25(28)24(27)16-20/h5-8,11,13,16,22-23H,3-4,9-10,12,14-15,17-18,28H2,1-2H3/t22?,23-/m0/s1. The molecule has 30 heavy (non-hydrogen) atoms. The average molecular weight is 427 g/mol. The minimum absolute atomic E-state index is 0.333. The Balaban J connectivity index is 1.70. The molecule has 2 aromatic rings. The van der Waals surface area contributed by atoms with Gasteiger partial charge in [0, 0.05) is 19.5 Å². The van der Waals surface area contributed by atoms with Crippen molar-refractivity contribution in [2.75, 3.05) is 18.8 Å².